The second-order valence-corrected chi connectivity index (χ2v) is 7.63. The fourth-order valence-corrected chi connectivity index (χ4v) is 4.12. The molecule has 1 aromatic carbocycles. The van der Waals surface area contributed by atoms with Crippen molar-refractivity contribution < 1.29 is 14.1 Å². The molecule has 1 atom stereocenters. The second kappa shape index (κ2) is 7.83. The van der Waals surface area contributed by atoms with Gasteiger partial charge in [0.2, 0.25) is 5.91 Å². The number of aryl methyl sites for hydroxylation is 1. The Morgan fingerprint density at radius 1 is 1.34 bits per heavy atom. The maximum Gasteiger partial charge on any atom is 0.259 e. The largest absolute Gasteiger partial charge is 0.355 e. The third-order valence-corrected chi connectivity index (χ3v) is 5.44. The monoisotopic (exact) mass is 412 g/mol. The van der Waals surface area contributed by atoms with Gasteiger partial charge in [0, 0.05) is 24.3 Å². The van der Waals surface area contributed by atoms with E-state index in [1.165, 1.54) is 0 Å². The number of hydrogen-bond donors (Lipinski definition) is 1. The molecule has 1 unspecified atom stereocenters. The Hall–Kier alpha value is -2.93. The Balaban J connectivity index is 1.69. The normalized spacial score (nSPS) is 16.4. The highest BCUT2D eigenvalue weighted by Crippen LogP contribution is 2.37. The molecule has 8 heteroatoms. The lowest BCUT2D eigenvalue weighted by Gasteiger charge is -2.23. The Bertz CT molecular complexity index is 1090. The van der Waals surface area contributed by atoms with E-state index in [4.69, 9.17) is 16.1 Å². The number of halogens is 1. The number of carbonyl (C=O) groups excluding carboxylic acids is 2. The van der Waals surface area contributed by atoms with E-state index in [2.05, 4.69) is 15.5 Å². The van der Waals surface area contributed by atoms with Crippen molar-refractivity contribution in [3.05, 3.63) is 57.9 Å². The summed E-state index contributed by atoms with van der Waals surface area (Å²) in [5.41, 5.74) is 2.89. The fraction of sp³-hybridized carbons (Fsp3) is 0.333. The number of benzene rings is 1. The molecule has 0 radical (unpaired) electrons. The molecule has 1 aliphatic rings. The average molecular weight is 413 g/mol. The number of hydrogen-bond acceptors (Lipinski definition) is 5. The number of nitrogens with zero attached hydrogens (tertiary/aromatic N) is 3. The van der Waals surface area contributed by atoms with Crippen LogP contribution in [0.3, 0.4) is 0 Å². The number of likely N-dealkylation sites (tertiary alicyclic amines) is 1. The third kappa shape index (κ3) is 3.70. The van der Waals surface area contributed by atoms with Gasteiger partial charge in [0.15, 0.2) is 0 Å². The van der Waals surface area contributed by atoms with E-state index in [1.54, 1.807) is 32.2 Å². The van der Waals surface area contributed by atoms with Gasteiger partial charge in [-0.3, -0.25) is 9.59 Å². The number of aromatic nitrogens is 2. The number of rotatable bonds is 4. The SMILES string of the molecule is CNC(=O)c1cc(C)nc2onc(C3CCCN3C(=O)Cc3cccc(Cl)c3)c12. The Labute approximate surface area is 173 Å². The molecule has 1 N–H and O–H groups in total. The lowest BCUT2D eigenvalue weighted by Crippen LogP contribution is -2.32. The Kier molecular flexibility index (Phi) is 5.24. The minimum atomic E-state index is -0.254. The van der Waals surface area contributed by atoms with Crippen molar-refractivity contribution in [2.75, 3.05) is 13.6 Å². The van der Waals surface area contributed by atoms with Crippen LogP contribution in [0, 0.1) is 6.92 Å². The van der Waals surface area contributed by atoms with Crippen LogP contribution in [-0.4, -0.2) is 40.4 Å². The molecule has 29 heavy (non-hydrogen) atoms. The molecule has 2 amide bonds. The second-order valence-electron chi connectivity index (χ2n) is 7.19. The minimum Gasteiger partial charge on any atom is -0.355 e. The van der Waals surface area contributed by atoms with Crippen LogP contribution < -0.4 is 5.32 Å². The van der Waals surface area contributed by atoms with E-state index in [-0.39, 0.29) is 24.3 Å². The van der Waals surface area contributed by atoms with Crippen molar-refractivity contribution in [3.8, 4) is 0 Å². The van der Waals surface area contributed by atoms with Gasteiger partial charge in [-0.1, -0.05) is 28.9 Å². The third-order valence-electron chi connectivity index (χ3n) is 5.21. The minimum absolute atomic E-state index is 0.00696. The number of pyridine rings is 1. The van der Waals surface area contributed by atoms with Gasteiger partial charge >= 0.3 is 0 Å². The first-order chi connectivity index (χ1) is 14.0. The van der Waals surface area contributed by atoms with Gasteiger partial charge in [-0.25, -0.2) is 4.98 Å². The summed E-state index contributed by atoms with van der Waals surface area (Å²) in [6.45, 7) is 2.43. The molecule has 1 saturated heterocycles. The summed E-state index contributed by atoms with van der Waals surface area (Å²) >= 11 is 6.04. The van der Waals surface area contributed by atoms with Gasteiger partial charge in [0.25, 0.3) is 11.6 Å². The average Bonchev–Trinajstić information content (AvgIpc) is 3.33. The molecule has 1 fully saturated rings. The molecule has 7 nitrogen and oxygen atoms in total. The summed E-state index contributed by atoms with van der Waals surface area (Å²) < 4.78 is 5.44. The zero-order chi connectivity index (χ0) is 20.5. The number of nitrogens with one attached hydrogen (secondary N) is 1. The van der Waals surface area contributed by atoms with Crippen molar-refractivity contribution in [2.24, 2.45) is 0 Å². The summed E-state index contributed by atoms with van der Waals surface area (Å²) in [4.78, 5) is 31.6. The molecule has 0 aliphatic carbocycles. The standard InChI is InChI=1S/C21H21ClN4O3/c1-12-9-15(20(28)23-2)18-19(25-29-21(18)24-12)16-7-4-8-26(16)17(27)11-13-5-3-6-14(22)10-13/h3,5-6,9-10,16H,4,7-8,11H2,1-2H3,(H,23,28). The lowest BCUT2D eigenvalue weighted by atomic mass is 10.0. The predicted octanol–water partition coefficient (Wildman–Crippen LogP) is 3.45. The van der Waals surface area contributed by atoms with Crippen molar-refractivity contribution in [2.45, 2.75) is 32.2 Å². The molecular weight excluding hydrogens is 392 g/mol. The lowest BCUT2D eigenvalue weighted by molar-refractivity contribution is -0.131. The number of fused-ring (bicyclic) bond motifs is 1. The highest BCUT2D eigenvalue weighted by molar-refractivity contribution is 6.30. The molecule has 150 valence electrons. The molecule has 1 aliphatic heterocycles. The quantitative estimate of drug-likeness (QED) is 0.709. The molecule has 3 heterocycles. The zero-order valence-electron chi connectivity index (χ0n) is 16.2. The zero-order valence-corrected chi connectivity index (χ0v) is 17.0. The summed E-state index contributed by atoms with van der Waals surface area (Å²) in [5, 5.41) is 8.04. The van der Waals surface area contributed by atoms with Gasteiger partial charge in [-0.05, 0) is 43.5 Å². The molecule has 3 aromatic rings. The van der Waals surface area contributed by atoms with Crippen LogP contribution in [0.25, 0.3) is 11.1 Å². The Morgan fingerprint density at radius 2 is 2.17 bits per heavy atom. The van der Waals surface area contributed by atoms with Crippen LogP contribution in [0.1, 0.15) is 46.2 Å². The molecule has 0 bridgehead atoms. The fourth-order valence-electron chi connectivity index (χ4n) is 3.91. The summed E-state index contributed by atoms with van der Waals surface area (Å²) in [6.07, 6.45) is 1.87. The topological polar surface area (TPSA) is 88.3 Å². The molecule has 0 spiro atoms. The van der Waals surface area contributed by atoms with Gasteiger partial charge in [0.05, 0.1) is 23.4 Å². The van der Waals surface area contributed by atoms with Crippen LogP contribution in [0.2, 0.25) is 5.02 Å². The molecular formula is C21H21ClN4O3. The number of carbonyl (C=O) groups is 2. The van der Waals surface area contributed by atoms with E-state index >= 15 is 0 Å². The van der Waals surface area contributed by atoms with Crippen LogP contribution in [0.4, 0.5) is 0 Å². The van der Waals surface area contributed by atoms with Gasteiger partial charge in [0.1, 0.15) is 5.69 Å². The van der Waals surface area contributed by atoms with Gasteiger partial charge < -0.3 is 14.7 Å². The first-order valence-corrected chi connectivity index (χ1v) is 9.88. The maximum absolute atomic E-state index is 13.0. The maximum atomic E-state index is 13.0. The van der Waals surface area contributed by atoms with Crippen LogP contribution >= 0.6 is 11.6 Å². The first-order valence-electron chi connectivity index (χ1n) is 9.51. The highest BCUT2D eigenvalue weighted by Gasteiger charge is 2.35. The summed E-state index contributed by atoms with van der Waals surface area (Å²) in [5.74, 6) is -0.243. The van der Waals surface area contributed by atoms with Crippen LogP contribution in [0.15, 0.2) is 34.9 Å². The van der Waals surface area contributed by atoms with Gasteiger partial charge in [-0.15, -0.1) is 0 Å². The van der Waals surface area contributed by atoms with E-state index < -0.39 is 0 Å². The van der Waals surface area contributed by atoms with Crippen LogP contribution in [0.5, 0.6) is 0 Å². The van der Waals surface area contributed by atoms with Crippen molar-refractivity contribution >= 4 is 34.5 Å². The predicted molar refractivity (Wildman–Crippen MR) is 109 cm³/mol. The van der Waals surface area contributed by atoms with E-state index in [0.29, 0.717) is 39.6 Å². The van der Waals surface area contributed by atoms with E-state index in [9.17, 15) is 9.59 Å². The van der Waals surface area contributed by atoms with Crippen LogP contribution in [-0.2, 0) is 11.2 Å². The number of amides is 2. The molecule has 0 saturated carbocycles. The molecule has 2 aromatic heterocycles. The van der Waals surface area contributed by atoms with Gasteiger partial charge in [-0.2, -0.15) is 0 Å². The smallest absolute Gasteiger partial charge is 0.259 e. The first kappa shape index (κ1) is 19.4. The summed E-state index contributed by atoms with van der Waals surface area (Å²) in [6, 6.07) is 8.76. The molecule has 4 rings (SSSR count). The van der Waals surface area contributed by atoms with E-state index in [0.717, 1.165) is 18.4 Å². The Morgan fingerprint density at radius 3 is 2.93 bits per heavy atom. The van der Waals surface area contributed by atoms with Crippen molar-refractivity contribution in [1.82, 2.24) is 20.4 Å². The summed E-state index contributed by atoms with van der Waals surface area (Å²) in [7, 11) is 1.58. The van der Waals surface area contributed by atoms with Crippen molar-refractivity contribution in [3.63, 3.8) is 0 Å². The van der Waals surface area contributed by atoms with E-state index in [1.807, 2.05) is 17.0 Å². The highest BCUT2D eigenvalue weighted by atomic mass is 35.5. The van der Waals surface area contributed by atoms with Crippen molar-refractivity contribution in [1.29, 1.82) is 0 Å².